The van der Waals surface area contributed by atoms with Gasteiger partial charge in [0.15, 0.2) is 0 Å². The third kappa shape index (κ3) is 6.75. The molecule has 7 aromatic rings. The molecule has 8 rings (SSSR count). The van der Waals surface area contributed by atoms with Gasteiger partial charge in [-0.05, 0) is 54.4 Å². The molecule has 7 heteroatoms. The third-order valence-electron chi connectivity index (χ3n) is 9.21. The average Bonchev–Trinajstić information content (AvgIpc) is 3.79. The topological polar surface area (TPSA) is 56.7 Å². The summed E-state index contributed by atoms with van der Waals surface area (Å²) in [6.45, 7) is 9.24. The summed E-state index contributed by atoms with van der Waals surface area (Å²) in [6.07, 6.45) is 9.03. The Balaban J connectivity index is 0.000000162. The molecule has 0 atom stereocenters. The Morgan fingerprint density at radius 3 is 2.43 bits per heavy atom. The smallest absolute Gasteiger partial charge is 0.216 e. The average molecular weight is 813 g/mol. The van der Waals surface area contributed by atoms with E-state index in [0.29, 0.717) is 5.71 Å². The molecule has 1 saturated carbocycles. The molecule has 241 valence electrons. The van der Waals surface area contributed by atoms with E-state index in [-0.39, 0.29) is 20.1 Å². The van der Waals surface area contributed by atoms with Crippen molar-refractivity contribution < 1.29 is 24.5 Å². The first-order valence-electron chi connectivity index (χ1n) is 16.3. The molecule has 0 N–H and O–H groups in total. The molecule has 0 bridgehead atoms. The molecule has 1 radical (unpaired) electrons. The van der Waals surface area contributed by atoms with Crippen molar-refractivity contribution in [3.05, 3.63) is 108 Å². The minimum Gasteiger partial charge on any atom is -0.486 e. The van der Waals surface area contributed by atoms with Crippen LogP contribution in [0, 0.1) is 25.0 Å². The van der Waals surface area contributed by atoms with E-state index in [9.17, 15) is 0 Å². The van der Waals surface area contributed by atoms with Gasteiger partial charge in [-0.3, -0.25) is 4.98 Å². The van der Waals surface area contributed by atoms with Crippen LogP contribution in [0.4, 0.5) is 0 Å². The maximum absolute atomic E-state index is 6.07. The van der Waals surface area contributed by atoms with E-state index in [4.69, 9.17) is 14.4 Å². The monoisotopic (exact) mass is 813 g/mol. The Bertz CT molecular complexity index is 2160. The van der Waals surface area contributed by atoms with Gasteiger partial charge < -0.3 is 14.0 Å². The van der Waals surface area contributed by atoms with Crippen LogP contribution < -0.4 is 5.19 Å². The zero-order valence-corrected chi connectivity index (χ0v) is 31.1. The summed E-state index contributed by atoms with van der Waals surface area (Å²) < 4.78 is 8.15. The number of benzene rings is 3. The summed E-state index contributed by atoms with van der Waals surface area (Å²) in [5, 5.41) is 3.60. The Labute approximate surface area is 291 Å². The largest absolute Gasteiger partial charge is 0.486 e. The SMILES string of the molecule is C[Si](C)(C)c1cnc(-c2[c-]cccc2)cc1CC1CCCC1.Cc1ccc2c(n1)oc1c(-c3nc4ccccc4n3C)[c-]ccc12.[Ir]. The second-order valence-corrected chi connectivity index (χ2v) is 18.6. The normalized spacial score (nSPS) is 13.6. The molecule has 5 nitrogen and oxygen atoms in total. The van der Waals surface area contributed by atoms with Crippen LogP contribution >= 0.6 is 0 Å². The van der Waals surface area contributed by atoms with Gasteiger partial charge in [-0.2, -0.15) is 0 Å². The van der Waals surface area contributed by atoms with Gasteiger partial charge in [0.25, 0.3) is 0 Å². The number of para-hydroxylation sites is 2. The Hall–Kier alpha value is -3.90. The first kappa shape index (κ1) is 33.0. The van der Waals surface area contributed by atoms with Gasteiger partial charge in [-0.1, -0.05) is 80.0 Å². The van der Waals surface area contributed by atoms with E-state index in [1.807, 2.05) is 62.5 Å². The quantitative estimate of drug-likeness (QED) is 0.129. The van der Waals surface area contributed by atoms with Gasteiger partial charge in [0.2, 0.25) is 5.71 Å². The van der Waals surface area contributed by atoms with Crippen molar-refractivity contribution in [3.8, 4) is 22.6 Å². The fourth-order valence-electron chi connectivity index (χ4n) is 6.82. The van der Waals surface area contributed by atoms with Crippen LogP contribution in [0.25, 0.3) is 55.7 Å². The molecule has 0 spiro atoms. The first-order chi connectivity index (χ1) is 22.3. The Morgan fingerprint density at radius 1 is 0.894 bits per heavy atom. The minimum absolute atomic E-state index is 0. The number of imidazole rings is 1. The van der Waals surface area contributed by atoms with Crippen LogP contribution in [-0.4, -0.2) is 27.6 Å². The zero-order chi connectivity index (χ0) is 31.8. The molecule has 47 heavy (non-hydrogen) atoms. The third-order valence-corrected chi connectivity index (χ3v) is 11.3. The first-order valence-corrected chi connectivity index (χ1v) is 19.8. The van der Waals surface area contributed by atoms with Gasteiger partial charge in [0, 0.05) is 44.4 Å². The van der Waals surface area contributed by atoms with Crippen molar-refractivity contribution in [1.29, 1.82) is 0 Å². The number of hydrogen-bond donors (Lipinski definition) is 0. The molecule has 0 unspecified atom stereocenters. The predicted molar refractivity (Wildman–Crippen MR) is 192 cm³/mol. The molecule has 0 amide bonds. The standard InChI is InChI=1S/C20H14N3O.C20H26NSi.Ir/c1-12-10-11-14-13-6-5-7-15(18(13)24-20(14)21-12)19-22-16-8-3-4-9-17(16)23(19)2;1-22(2,3)20-15-21-19(17-11-5-4-6-12-17)14-18(20)13-16-9-7-8-10-16;/h3-6,8-11H,1-2H3;4-6,11,14-16H,7-10,13H2,1-3H3;/q2*-1;. The fourth-order valence-corrected chi connectivity index (χ4v) is 8.41. The Kier molecular flexibility index (Phi) is 9.61. The number of pyridine rings is 2. The molecule has 0 saturated heterocycles. The Morgan fingerprint density at radius 2 is 1.68 bits per heavy atom. The van der Waals surface area contributed by atoms with E-state index in [1.54, 1.807) is 10.8 Å². The summed E-state index contributed by atoms with van der Waals surface area (Å²) >= 11 is 0. The molecule has 3 aromatic carbocycles. The second-order valence-electron chi connectivity index (χ2n) is 13.6. The summed E-state index contributed by atoms with van der Waals surface area (Å²) in [6, 6.07) is 33.2. The number of furan rings is 1. The number of rotatable bonds is 5. The van der Waals surface area contributed by atoms with E-state index in [1.165, 1.54) is 32.1 Å². The van der Waals surface area contributed by atoms with Gasteiger partial charge in [0.05, 0.1) is 30.5 Å². The van der Waals surface area contributed by atoms with Crippen LogP contribution in [0.15, 0.2) is 89.5 Å². The fraction of sp³-hybridized carbons (Fsp3) is 0.275. The van der Waals surface area contributed by atoms with Gasteiger partial charge in [-0.15, -0.1) is 54.1 Å². The van der Waals surface area contributed by atoms with Crippen LogP contribution in [0.5, 0.6) is 0 Å². The molecule has 4 aromatic heterocycles. The number of aryl methyl sites for hydroxylation is 2. The van der Waals surface area contributed by atoms with Crippen molar-refractivity contribution in [2.24, 2.45) is 13.0 Å². The zero-order valence-electron chi connectivity index (χ0n) is 27.7. The molecular weight excluding hydrogens is 773 g/mol. The van der Waals surface area contributed by atoms with Crippen LogP contribution in [0.3, 0.4) is 0 Å². The number of aromatic nitrogens is 4. The van der Waals surface area contributed by atoms with E-state index < -0.39 is 8.07 Å². The summed E-state index contributed by atoms with van der Waals surface area (Å²) in [4.78, 5) is 14.0. The molecule has 1 fully saturated rings. The summed E-state index contributed by atoms with van der Waals surface area (Å²) in [7, 11) is 0.670. The van der Waals surface area contributed by atoms with Crippen LogP contribution in [0.2, 0.25) is 19.6 Å². The van der Waals surface area contributed by atoms with E-state index in [0.717, 1.165) is 61.6 Å². The predicted octanol–water partition coefficient (Wildman–Crippen LogP) is 9.47. The van der Waals surface area contributed by atoms with Crippen molar-refractivity contribution in [2.45, 2.75) is 58.7 Å². The molecule has 1 aliphatic rings. The number of fused-ring (bicyclic) bond motifs is 4. The van der Waals surface area contributed by atoms with Gasteiger partial charge in [-0.25, -0.2) is 4.98 Å². The van der Waals surface area contributed by atoms with Crippen LogP contribution in [0.1, 0.15) is 36.9 Å². The maximum Gasteiger partial charge on any atom is 0.216 e. The number of hydrogen-bond acceptors (Lipinski definition) is 4. The summed E-state index contributed by atoms with van der Waals surface area (Å²) in [5.41, 5.74) is 9.03. The van der Waals surface area contributed by atoms with E-state index >= 15 is 0 Å². The van der Waals surface area contributed by atoms with Crippen molar-refractivity contribution in [2.75, 3.05) is 0 Å². The van der Waals surface area contributed by atoms with E-state index in [2.05, 4.69) is 77.9 Å². The maximum atomic E-state index is 6.07. The molecule has 4 heterocycles. The molecule has 1 aliphatic carbocycles. The molecular formula is C40H40IrN4OSi-2. The van der Waals surface area contributed by atoms with Gasteiger partial charge in [0.1, 0.15) is 0 Å². The van der Waals surface area contributed by atoms with Crippen molar-refractivity contribution in [1.82, 2.24) is 19.5 Å². The van der Waals surface area contributed by atoms with Crippen LogP contribution in [-0.2, 0) is 33.6 Å². The van der Waals surface area contributed by atoms with Crippen molar-refractivity contribution >= 4 is 46.4 Å². The molecule has 0 aliphatic heterocycles. The second kappa shape index (κ2) is 13.7. The number of nitrogens with zero attached hydrogens (tertiary/aromatic N) is 4. The summed E-state index contributed by atoms with van der Waals surface area (Å²) in [5.74, 6) is 1.72. The van der Waals surface area contributed by atoms with Gasteiger partial charge >= 0.3 is 0 Å². The minimum atomic E-state index is -1.35. The van der Waals surface area contributed by atoms with Crippen molar-refractivity contribution in [3.63, 3.8) is 0 Å².